The van der Waals surface area contributed by atoms with Crippen LogP contribution < -0.4 is 10.1 Å². The van der Waals surface area contributed by atoms with Crippen molar-refractivity contribution in [1.29, 1.82) is 0 Å². The lowest BCUT2D eigenvalue weighted by Gasteiger charge is -2.48. The summed E-state index contributed by atoms with van der Waals surface area (Å²) in [5.74, 6) is 1.58. The maximum atomic E-state index is 12.5. The van der Waals surface area contributed by atoms with Crippen molar-refractivity contribution in [2.45, 2.75) is 69.6 Å². The predicted octanol–water partition coefficient (Wildman–Crippen LogP) is 3.64. The second-order valence-electron chi connectivity index (χ2n) is 8.34. The molecular formula is C22H30N2O4. The van der Waals surface area contributed by atoms with E-state index in [1.165, 1.54) is 0 Å². The van der Waals surface area contributed by atoms with E-state index in [-0.39, 0.29) is 17.7 Å². The van der Waals surface area contributed by atoms with Crippen LogP contribution in [0.5, 0.6) is 5.75 Å². The summed E-state index contributed by atoms with van der Waals surface area (Å²) in [6, 6.07) is 7.62. The molecule has 6 heteroatoms. The Kier molecular flexibility index (Phi) is 5.47. The molecule has 0 aromatic heterocycles. The predicted molar refractivity (Wildman–Crippen MR) is 105 cm³/mol. The molecule has 2 aliphatic heterocycles. The van der Waals surface area contributed by atoms with E-state index in [0.717, 1.165) is 62.8 Å². The number of nitrogens with one attached hydrogen (secondary N) is 1. The third kappa shape index (κ3) is 3.69. The Labute approximate surface area is 166 Å². The molecule has 1 aromatic rings. The lowest BCUT2D eigenvalue weighted by molar-refractivity contribution is -0.138. The summed E-state index contributed by atoms with van der Waals surface area (Å²) < 4.78 is 10.9. The Morgan fingerprint density at radius 3 is 2.82 bits per heavy atom. The first-order valence-corrected chi connectivity index (χ1v) is 10.5. The molecule has 6 nitrogen and oxygen atoms in total. The van der Waals surface area contributed by atoms with Crippen LogP contribution in [0.15, 0.2) is 24.3 Å². The van der Waals surface area contributed by atoms with Gasteiger partial charge in [-0.3, -0.25) is 4.79 Å². The Morgan fingerprint density at radius 2 is 2.04 bits per heavy atom. The van der Waals surface area contributed by atoms with E-state index in [4.69, 9.17) is 9.47 Å². The molecule has 0 unspecified atom stereocenters. The van der Waals surface area contributed by atoms with Crippen LogP contribution in [0.3, 0.4) is 0 Å². The number of alkyl carbamates (subject to hydrolysis) is 1. The number of carbonyl (C=O) groups is 2. The zero-order chi connectivity index (χ0) is 19.6. The maximum Gasteiger partial charge on any atom is 0.407 e. The van der Waals surface area contributed by atoms with E-state index < -0.39 is 0 Å². The lowest BCUT2D eigenvalue weighted by atomic mass is 9.69. The maximum absolute atomic E-state index is 12.5. The van der Waals surface area contributed by atoms with Gasteiger partial charge >= 0.3 is 6.09 Å². The highest BCUT2D eigenvalue weighted by atomic mass is 16.6. The number of nitrogens with zero attached hydrogens (tertiary/aromatic N) is 1. The number of hydrogen-bond acceptors (Lipinski definition) is 4. The van der Waals surface area contributed by atoms with Crippen molar-refractivity contribution in [3.05, 3.63) is 29.8 Å². The van der Waals surface area contributed by atoms with Gasteiger partial charge < -0.3 is 19.7 Å². The summed E-state index contributed by atoms with van der Waals surface area (Å²) in [4.78, 5) is 27.0. The van der Waals surface area contributed by atoms with Crippen LogP contribution in [0.25, 0.3) is 0 Å². The molecule has 152 valence electrons. The van der Waals surface area contributed by atoms with Crippen LogP contribution in [-0.2, 0) is 16.1 Å². The summed E-state index contributed by atoms with van der Waals surface area (Å²) in [5, 5.41) is 2.85. The van der Waals surface area contributed by atoms with Crippen LogP contribution in [0.2, 0.25) is 0 Å². The number of rotatable bonds is 4. The van der Waals surface area contributed by atoms with Crippen LogP contribution in [-0.4, -0.2) is 42.2 Å². The highest BCUT2D eigenvalue weighted by Crippen LogP contribution is 2.49. The SMILES string of the molecule is COc1ccc(CNC(=O)O[C@H]2CC[C@@]34CCCN3C(=O)CCC[C@H]4C2)cc1. The Balaban J connectivity index is 1.31. The topological polar surface area (TPSA) is 67.9 Å². The van der Waals surface area contributed by atoms with Gasteiger partial charge in [-0.15, -0.1) is 0 Å². The monoisotopic (exact) mass is 386 g/mol. The fraction of sp³-hybridized carbons (Fsp3) is 0.636. The molecule has 2 heterocycles. The first-order valence-electron chi connectivity index (χ1n) is 10.5. The normalized spacial score (nSPS) is 29.5. The minimum absolute atomic E-state index is 0.0347. The smallest absolute Gasteiger partial charge is 0.407 e. The number of amides is 2. The molecule has 2 saturated heterocycles. The summed E-state index contributed by atoms with van der Waals surface area (Å²) in [6.07, 6.45) is 7.18. The molecule has 28 heavy (non-hydrogen) atoms. The Bertz CT molecular complexity index is 720. The minimum Gasteiger partial charge on any atom is -0.497 e. The van der Waals surface area contributed by atoms with Crippen molar-refractivity contribution in [2.75, 3.05) is 13.7 Å². The molecule has 1 saturated carbocycles. The molecule has 2 amide bonds. The van der Waals surface area contributed by atoms with E-state index in [1.54, 1.807) is 7.11 Å². The van der Waals surface area contributed by atoms with E-state index in [1.807, 2.05) is 24.3 Å². The first kappa shape index (κ1) is 19.1. The molecule has 1 spiro atoms. The van der Waals surface area contributed by atoms with E-state index >= 15 is 0 Å². The summed E-state index contributed by atoms with van der Waals surface area (Å²) in [6.45, 7) is 1.34. The van der Waals surface area contributed by atoms with Crippen molar-refractivity contribution < 1.29 is 19.1 Å². The van der Waals surface area contributed by atoms with Gasteiger partial charge in [0.2, 0.25) is 5.91 Å². The number of ether oxygens (including phenoxy) is 2. The summed E-state index contributed by atoms with van der Waals surface area (Å²) in [5.41, 5.74) is 1.04. The standard InChI is InChI=1S/C22H30N2O4/c1-27-18-8-6-16(7-9-18)15-23-21(26)28-19-10-12-22-11-3-13-24(22)20(25)5-2-4-17(22)14-19/h6-9,17,19H,2-5,10-15H2,1H3,(H,23,26)/t17-,19-,22+/m0/s1. The van der Waals surface area contributed by atoms with Gasteiger partial charge in [0.1, 0.15) is 11.9 Å². The van der Waals surface area contributed by atoms with Crippen molar-refractivity contribution in [1.82, 2.24) is 10.2 Å². The van der Waals surface area contributed by atoms with Crippen LogP contribution in [0.1, 0.15) is 56.9 Å². The van der Waals surface area contributed by atoms with Gasteiger partial charge in [-0.05, 0) is 68.6 Å². The van der Waals surface area contributed by atoms with Gasteiger partial charge in [0.05, 0.1) is 7.11 Å². The molecule has 1 N–H and O–H groups in total. The number of hydrogen-bond donors (Lipinski definition) is 1. The Morgan fingerprint density at radius 1 is 1.21 bits per heavy atom. The molecule has 0 radical (unpaired) electrons. The zero-order valence-corrected chi connectivity index (χ0v) is 16.6. The molecule has 3 atom stereocenters. The number of methoxy groups -OCH3 is 1. The molecule has 3 fully saturated rings. The molecule has 1 aromatic carbocycles. The summed E-state index contributed by atoms with van der Waals surface area (Å²) >= 11 is 0. The largest absolute Gasteiger partial charge is 0.497 e. The van der Waals surface area contributed by atoms with Gasteiger partial charge in [-0.25, -0.2) is 4.79 Å². The number of benzene rings is 1. The zero-order valence-electron chi connectivity index (χ0n) is 16.6. The molecule has 0 bridgehead atoms. The third-order valence-corrected chi connectivity index (χ3v) is 6.85. The highest BCUT2D eigenvalue weighted by molar-refractivity contribution is 5.78. The quantitative estimate of drug-likeness (QED) is 0.858. The second-order valence-corrected chi connectivity index (χ2v) is 8.34. The number of carbonyl (C=O) groups excluding carboxylic acids is 2. The van der Waals surface area contributed by atoms with E-state index in [2.05, 4.69) is 10.2 Å². The van der Waals surface area contributed by atoms with Crippen LogP contribution in [0, 0.1) is 5.92 Å². The fourth-order valence-corrected chi connectivity index (χ4v) is 5.47. The van der Waals surface area contributed by atoms with E-state index in [9.17, 15) is 9.59 Å². The minimum atomic E-state index is -0.357. The van der Waals surface area contributed by atoms with Crippen molar-refractivity contribution in [3.63, 3.8) is 0 Å². The van der Waals surface area contributed by atoms with Gasteiger partial charge in [0.15, 0.2) is 0 Å². The molecule has 4 rings (SSSR count). The molecule has 1 aliphatic carbocycles. The van der Waals surface area contributed by atoms with Gasteiger partial charge in [-0.2, -0.15) is 0 Å². The lowest BCUT2D eigenvalue weighted by Crippen LogP contribution is -2.54. The first-order chi connectivity index (χ1) is 13.6. The van der Waals surface area contributed by atoms with Crippen molar-refractivity contribution in [2.24, 2.45) is 5.92 Å². The third-order valence-electron chi connectivity index (χ3n) is 6.85. The van der Waals surface area contributed by atoms with Gasteiger partial charge in [-0.1, -0.05) is 12.1 Å². The van der Waals surface area contributed by atoms with E-state index in [0.29, 0.717) is 24.8 Å². The highest BCUT2D eigenvalue weighted by Gasteiger charge is 2.52. The average Bonchev–Trinajstić information content (AvgIpc) is 3.08. The second kappa shape index (κ2) is 8.02. The van der Waals surface area contributed by atoms with Crippen molar-refractivity contribution in [3.8, 4) is 5.75 Å². The molecular weight excluding hydrogens is 356 g/mol. The van der Waals surface area contributed by atoms with Crippen LogP contribution in [0.4, 0.5) is 4.79 Å². The fourth-order valence-electron chi connectivity index (χ4n) is 5.47. The Hall–Kier alpha value is -2.24. The summed E-state index contributed by atoms with van der Waals surface area (Å²) in [7, 11) is 1.63. The van der Waals surface area contributed by atoms with Gasteiger partial charge in [0.25, 0.3) is 0 Å². The average molecular weight is 386 g/mol. The van der Waals surface area contributed by atoms with Crippen molar-refractivity contribution >= 4 is 12.0 Å². The molecule has 3 aliphatic rings. The van der Waals surface area contributed by atoms with Gasteiger partial charge in [0, 0.05) is 25.0 Å². The van der Waals surface area contributed by atoms with Crippen LogP contribution >= 0.6 is 0 Å².